The van der Waals surface area contributed by atoms with Crippen molar-refractivity contribution in [2.24, 2.45) is 17.8 Å². The van der Waals surface area contributed by atoms with E-state index in [-0.39, 0.29) is 0 Å². The van der Waals surface area contributed by atoms with Crippen LogP contribution in [-0.4, -0.2) is 26.3 Å². The second-order valence-electron chi connectivity index (χ2n) is 5.12. The maximum absolute atomic E-state index is 5.38. The van der Waals surface area contributed by atoms with Crippen molar-refractivity contribution >= 4 is 0 Å². The summed E-state index contributed by atoms with van der Waals surface area (Å²) in [7, 11) is 0. The summed E-state index contributed by atoms with van der Waals surface area (Å²) in [6.07, 6.45) is 2.60. The van der Waals surface area contributed by atoms with E-state index < -0.39 is 0 Å². The van der Waals surface area contributed by atoms with Gasteiger partial charge in [-0.3, -0.25) is 0 Å². The maximum atomic E-state index is 5.38. The molecule has 1 aliphatic heterocycles. The normalized spacial score (nSPS) is 24.4. The average molecular weight is 199 g/mol. The van der Waals surface area contributed by atoms with Crippen LogP contribution in [0.4, 0.5) is 0 Å². The topological polar surface area (TPSA) is 21.3 Å². The van der Waals surface area contributed by atoms with E-state index in [9.17, 15) is 0 Å². The minimum absolute atomic E-state index is 0.761. The molecule has 0 aromatic heterocycles. The molecule has 0 aromatic rings. The molecule has 0 aliphatic carbocycles. The number of nitrogens with one attached hydrogen (secondary N) is 1. The molecule has 0 amide bonds. The monoisotopic (exact) mass is 199 g/mol. The summed E-state index contributed by atoms with van der Waals surface area (Å²) in [4.78, 5) is 0. The van der Waals surface area contributed by atoms with Crippen molar-refractivity contribution < 1.29 is 4.74 Å². The predicted molar refractivity (Wildman–Crippen MR) is 60.4 cm³/mol. The van der Waals surface area contributed by atoms with Crippen LogP contribution in [0, 0.1) is 17.8 Å². The van der Waals surface area contributed by atoms with Gasteiger partial charge in [-0.15, -0.1) is 0 Å². The molecular formula is C12H25NO. The van der Waals surface area contributed by atoms with Gasteiger partial charge in [0.1, 0.15) is 0 Å². The zero-order valence-corrected chi connectivity index (χ0v) is 9.88. The average Bonchev–Trinajstić information content (AvgIpc) is 2.56. The first kappa shape index (κ1) is 12.0. The molecule has 14 heavy (non-hydrogen) atoms. The van der Waals surface area contributed by atoms with Gasteiger partial charge in [0.05, 0.1) is 0 Å². The summed E-state index contributed by atoms with van der Waals surface area (Å²) in [5.41, 5.74) is 0. The Bertz CT molecular complexity index is 141. The van der Waals surface area contributed by atoms with Crippen LogP contribution in [0.1, 0.15) is 33.6 Å². The van der Waals surface area contributed by atoms with Gasteiger partial charge in [-0.05, 0) is 43.7 Å². The van der Waals surface area contributed by atoms with Gasteiger partial charge in [0, 0.05) is 13.2 Å². The Morgan fingerprint density at radius 3 is 2.64 bits per heavy atom. The van der Waals surface area contributed by atoms with Crippen molar-refractivity contribution in [2.75, 3.05) is 26.3 Å². The number of hydrogen-bond acceptors (Lipinski definition) is 2. The first-order chi connectivity index (χ1) is 6.68. The SMILES string of the molecule is CC(C)CNCC(C)CC1CCOC1. The van der Waals surface area contributed by atoms with E-state index in [1.54, 1.807) is 0 Å². The molecule has 1 heterocycles. The lowest BCUT2D eigenvalue weighted by Crippen LogP contribution is -2.26. The highest BCUT2D eigenvalue weighted by Crippen LogP contribution is 2.20. The molecule has 2 heteroatoms. The molecular weight excluding hydrogens is 174 g/mol. The Balaban J connectivity index is 2.00. The van der Waals surface area contributed by atoms with Crippen LogP contribution in [0.25, 0.3) is 0 Å². The molecule has 1 saturated heterocycles. The Hall–Kier alpha value is -0.0800. The molecule has 1 rings (SSSR count). The summed E-state index contributed by atoms with van der Waals surface area (Å²) in [6.45, 7) is 11.1. The van der Waals surface area contributed by atoms with E-state index in [0.717, 1.165) is 44.1 Å². The molecule has 0 radical (unpaired) electrons. The van der Waals surface area contributed by atoms with Crippen LogP contribution in [0.3, 0.4) is 0 Å². The molecule has 2 atom stereocenters. The Kier molecular flexibility index (Phi) is 5.49. The second-order valence-corrected chi connectivity index (χ2v) is 5.12. The Morgan fingerprint density at radius 2 is 2.07 bits per heavy atom. The first-order valence-corrected chi connectivity index (χ1v) is 5.97. The molecule has 2 nitrogen and oxygen atoms in total. The first-order valence-electron chi connectivity index (χ1n) is 5.97. The molecule has 1 N–H and O–H groups in total. The third-order valence-electron chi connectivity index (χ3n) is 2.81. The second kappa shape index (κ2) is 6.41. The zero-order chi connectivity index (χ0) is 10.4. The number of rotatable bonds is 6. The predicted octanol–water partition coefficient (Wildman–Crippen LogP) is 2.29. The smallest absolute Gasteiger partial charge is 0.0495 e. The fourth-order valence-corrected chi connectivity index (χ4v) is 2.04. The summed E-state index contributed by atoms with van der Waals surface area (Å²) in [6, 6.07) is 0. The van der Waals surface area contributed by atoms with Gasteiger partial charge in [0.25, 0.3) is 0 Å². The molecule has 0 bridgehead atoms. The number of hydrogen-bond donors (Lipinski definition) is 1. The van der Waals surface area contributed by atoms with Gasteiger partial charge in [-0.2, -0.15) is 0 Å². The third-order valence-corrected chi connectivity index (χ3v) is 2.81. The lowest BCUT2D eigenvalue weighted by molar-refractivity contribution is 0.180. The number of ether oxygens (including phenoxy) is 1. The van der Waals surface area contributed by atoms with Crippen LogP contribution >= 0.6 is 0 Å². The van der Waals surface area contributed by atoms with Crippen molar-refractivity contribution in [1.82, 2.24) is 5.32 Å². The van der Waals surface area contributed by atoms with Gasteiger partial charge in [-0.25, -0.2) is 0 Å². The van der Waals surface area contributed by atoms with E-state index in [1.165, 1.54) is 12.8 Å². The highest BCUT2D eigenvalue weighted by molar-refractivity contribution is 4.69. The summed E-state index contributed by atoms with van der Waals surface area (Å²) in [5.74, 6) is 2.38. The lowest BCUT2D eigenvalue weighted by atomic mass is 9.95. The highest BCUT2D eigenvalue weighted by Gasteiger charge is 2.18. The van der Waals surface area contributed by atoms with E-state index in [0.29, 0.717) is 0 Å². The van der Waals surface area contributed by atoms with Gasteiger partial charge < -0.3 is 10.1 Å². The van der Waals surface area contributed by atoms with E-state index >= 15 is 0 Å². The summed E-state index contributed by atoms with van der Waals surface area (Å²) < 4.78 is 5.38. The van der Waals surface area contributed by atoms with Crippen LogP contribution in [0.2, 0.25) is 0 Å². The third kappa shape index (κ3) is 4.97. The van der Waals surface area contributed by atoms with Crippen LogP contribution in [0.15, 0.2) is 0 Å². The molecule has 0 spiro atoms. The van der Waals surface area contributed by atoms with Crippen LogP contribution < -0.4 is 5.32 Å². The molecule has 1 fully saturated rings. The molecule has 1 aliphatic rings. The van der Waals surface area contributed by atoms with Gasteiger partial charge in [0.15, 0.2) is 0 Å². The Morgan fingerprint density at radius 1 is 1.29 bits per heavy atom. The molecule has 0 saturated carbocycles. The van der Waals surface area contributed by atoms with Crippen molar-refractivity contribution in [3.8, 4) is 0 Å². The van der Waals surface area contributed by atoms with E-state index in [2.05, 4.69) is 26.1 Å². The molecule has 0 aromatic carbocycles. The Labute approximate surface area is 88.4 Å². The fourth-order valence-electron chi connectivity index (χ4n) is 2.04. The van der Waals surface area contributed by atoms with E-state index in [4.69, 9.17) is 4.74 Å². The van der Waals surface area contributed by atoms with Crippen molar-refractivity contribution in [1.29, 1.82) is 0 Å². The zero-order valence-electron chi connectivity index (χ0n) is 9.88. The minimum atomic E-state index is 0.761. The van der Waals surface area contributed by atoms with Gasteiger partial charge in [0.2, 0.25) is 0 Å². The maximum Gasteiger partial charge on any atom is 0.0495 e. The van der Waals surface area contributed by atoms with Crippen molar-refractivity contribution in [3.63, 3.8) is 0 Å². The van der Waals surface area contributed by atoms with E-state index in [1.807, 2.05) is 0 Å². The van der Waals surface area contributed by atoms with Crippen molar-refractivity contribution in [2.45, 2.75) is 33.6 Å². The summed E-state index contributed by atoms with van der Waals surface area (Å²) >= 11 is 0. The van der Waals surface area contributed by atoms with Crippen molar-refractivity contribution in [3.05, 3.63) is 0 Å². The minimum Gasteiger partial charge on any atom is -0.381 e. The highest BCUT2D eigenvalue weighted by atomic mass is 16.5. The van der Waals surface area contributed by atoms with Crippen LogP contribution in [-0.2, 0) is 4.74 Å². The van der Waals surface area contributed by atoms with Gasteiger partial charge >= 0.3 is 0 Å². The van der Waals surface area contributed by atoms with Gasteiger partial charge in [-0.1, -0.05) is 20.8 Å². The fraction of sp³-hybridized carbons (Fsp3) is 1.00. The standard InChI is InChI=1S/C12H25NO/c1-10(2)7-13-8-11(3)6-12-4-5-14-9-12/h10-13H,4-9H2,1-3H3. The lowest BCUT2D eigenvalue weighted by Gasteiger charge is -2.16. The largest absolute Gasteiger partial charge is 0.381 e. The van der Waals surface area contributed by atoms with Crippen LogP contribution in [0.5, 0.6) is 0 Å². The molecule has 2 unspecified atom stereocenters. The molecule has 84 valence electrons. The quantitative estimate of drug-likeness (QED) is 0.708. The summed E-state index contributed by atoms with van der Waals surface area (Å²) in [5, 5.41) is 3.52.